The van der Waals surface area contributed by atoms with Gasteiger partial charge in [-0.2, -0.15) is 0 Å². The summed E-state index contributed by atoms with van der Waals surface area (Å²) < 4.78 is 6.75. The third kappa shape index (κ3) is 4.36. The molecule has 2 rings (SSSR count). The number of hydrogen-bond acceptors (Lipinski definition) is 2. The van der Waals surface area contributed by atoms with Crippen LogP contribution in [0.3, 0.4) is 0 Å². The summed E-state index contributed by atoms with van der Waals surface area (Å²) in [5.41, 5.74) is 2.66. The fourth-order valence-corrected chi connectivity index (χ4v) is 2.56. The van der Waals surface area contributed by atoms with Crippen LogP contribution >= 0.6 is 15.9 Å². The third-order valence-corrected chi connectivity index (χ3v) is 3.77. The zero-order valence-corrected chi connectivity index (χ0v) is 13.5. The van der Waals surface area contributed by atoms with Gasteiger partial charge in [-0.3, -0.25) is 0 Å². The Bertz CT molecular complexity index is 556. The van der Waals surface area contributed by atoms with Gasteiger partial charge in [-0.1, -0.05) is 46.3 Å². The Balaban J connectivity index is 1.77. The monoisotopic (exact) mass is 333 g/mol. The molecule has 0 amide bonds. The highest BCUT2D eigenvalue weighted by atomic mass is 79.9. The molecule has 0 unspecified atom stereocenters. The SMILES string of the molecule is Cc1ccccc1[C@@H](C)NCCOc1cccc(Br)c1. The van der Waals surface area contributed by atoms with E-state index in [2.05, 4.69) is 59.4 Å². The van der Waals surface area contributed by atoms with Crippen molar-refractivity contribution in [1.29, 1.82) is 0 Å². The first-order chi connectivity index (χ1) is 9.66. The zero-order valence-electron chi connectivity index (χ0n) is 11.9. The molecule has 0 bridgehead atoms. The van der Waals surface area contributed by atoms with Crippen LogP contribution in [0.15, 0.2) is 53.0 Å². The molecule has 0 fully saturated rings. The van der Waals surface area contributed by atoms with Crippen molar-refractivity contribution in [3.8, 4) is 5.75 Å². The average Bonchev–Trinajstić information content (AvgIpc) is 2.44. The van der Waals surface area contributed by atoms with E-state index in [0.29, 0.717) is 12.6 Å². The van der Waals surface area contributed by atoms with Gasteiger partial charge >= 0.3 is 0 Å². The van der Waals surface area contributed by atoms with E-state index in [0.717, 1.165) is 16.8 Å². The van der Waals surface area contributed by atoms with Gasteiger partial charge in [-0.25, -0.2) is 0 Å². The summed E-state index contributed by atoms with van der Waals surface area (Å²) in [5, 5.41) is 3.49. The molecular formula is C17H20BrNO. The van der Waals surface area contributed by atoms with Crippen molar-refractivity contribution in [1.82, 2.24) is 5.32 Å². The second-order valence-electron chi connectivity index (χ2n) is 4.84. The van der Waals surface area contributed by atoms with E-state index in [9.17, 15) is 0 Å². The molecule has 0 radical (unpaired) electrons. The smallest absolute Gasteiger partial charge is 0.120 e. The van der Waals surface area contributed by atoms with Crippen molar-refractivity contribution >= 4 is 15.9 Å². The average molecular weight is 334 g/mol. The van der Waals surface area contributed by atoms with Crippen LogP contribution in [0.4, 0.5) is 0 Å². The minimum absolute atomic E-state index is 0.335. The first kappa shape index (κ1) is 15.1. The summed E-state index contributed by atoms with van der Waals surface area (Å²) in [6.45, 7) is 5.81. The van der Waals surface area contributed by atoms with Gasteiger partial charge in [0.05, 0.1) is 0 Å². The summed E-state index contributed by atoms with van der Waals surface area (Å²) in [6.07, 6.45) is 0. The predicted octanol–water partition coefficient (Wildman–Crippen LogP) is 4.49. The van der Waals surface area contributed by atoms with Gasteiger partial charge in [0.2, 0.25) is 0 Å². The highest BCUT2D eigenvalue weighted by Gasteiger charge is 2.06. The summed E-state index contributed by atoms with van der Waals surface area (Å²) in [7, 11) is 0. The Morgan fingerprint density at radius 1 is 1.15 bits per heavy atom. The van der Waals surface area contributed by atoms with Gasteiger partial charge < -0.3 is 10.1 Å². The maximum absolute atomic E-state index is 5.71. The number of hydrogen-bond donors (Lipinski definition) is 1. The highest BCUT2D eigenvalue weighted by Crippen LogP contribution is 2.18. The molecule has 3 heteroatoms. The lowest BCUT2D eigenvalue weighted by Crippen LogP contribution is -2.24. The van der Waals surface area contributed by atoms with Crippen LogP contribution in [-0.4, -0.2) is 13.2 Å². The number of aryl methyl sites for hydroxylation is 1. The molecule has 1 atom stereocenters. The molecule has 20 heavy (non-hydrogen) atoms. The van der Waals surface area contributed by atoms with Gasteiger partial charge in [-0.15, -0.1) is 0 Å². The van der Waals surface area contributed by atoms with E-state index in [1.165, 1.54) is 11.1 Å². The predicted molar refractivity (Wildman–Crippen MR) is 87.2 cm³/mol. The summed E-state index contributed by atoms with van der Waals surface area (Å²) in [5.74, 6) is 0.893. The van der Waals surface area contributed by atoms with Crippen LogP contribution in [0.1, 0.15) is 24.1 Å². The maximum Gasteiger partial charge on any atom is 0.120 e. The Hall–Kier alpha value is -1.32. The number of ether oxygens (including phenoxy) is 1. The van der Waals surface area contributed by atoms with E-state index in [1.807, 2.05) is 24.3 Å². The molecule has 2 aromatic rings. The van der Waals surface area contributed by atoms with Crippen molar-refractivity contribution in [2.75, 3.05) is 13.2 Å². The maximum atomic E-state index is 5.71. The summed E-state index contributed by atoms with van der Waals surface area (Å²) in [4.78, 5) is 0. The molecule has 0 aliphatic heterocycles. The lowest BCUT2D eigenvalue weighted by atomic mass is 10.0. The van der Waals surface area contributed by atoms with Crippen LogP contribution in [-0.2, 0) is 0 Å². The molecular weight excluding hydrogens is 314 g/mol. The normalized spacial score (nSPS) is 12.2. The molecule has 2 aromatic carbocycles. The second-order valence-corrected chi connectivity index (χ2v) is 5.75. The van der Waals surface area contributed by atoms with Crippen molar-refractivity contribution in [3.63, 3.8) is 0 Å². The minimum atomic E-state index is 0.335. The Morgan fingerprint density at radius 3 is 2.70 bits per heavy atom. The van der Waals surface area contributed by atoms with Gasteiger partial charge in [0.25, 0.3) is 0 Å². The molecule has 0 heterocycles. The van der Waals surface area contributed by atoms with Crippen molar-refractivity contribution in [2.45, 2.75) is 19.9 Å². The number of nitrogens with one attached hydrogen (secondary N) is 1. The van der Waals surface area contributed by atoms with E-state index < -0.39 is 0 Å². The molecule has 0 saturated carbocycles. The topological polar surface area (TPSA) is 21.3 Å². The van der Waals surface area contributed by atoms with E-state index in [4.69, 9.17) is 4.74 Å². The molecule has 0 saturated heterocycles. The third-order valence-electron chi connectivity index (χ3n) is 3.27. The molecule has 0 spiro atoms. The number of rotatable bonds is 6. The first-order valence-corrected chi connectivity index (χ1v) is 7.63. The fourth-order valence-electron chi connectivity index (χ4n) is 2.18. The highest BCUT2D eigenvalue weighted by molar-refractivity contribution is 9.10. The first-order valence-electron chi connectivity index (χ1n) is 6.84. The summed E-state index contributed by atoms with van der Waals surface area (Å²) >= 11 is 3.44. The van der Waals surface area contributed by atoms with Gasteiger partial charge in [0, 0.05) is 17.1 Å². The fraction of sp³-hybridized carbons (Fsp3) is 0.294. The second kappa shape index (κ2) is 7.46. The van der Waals surface area contributed by atoms with Crippen LogP contribution < -0.4 is 10.1 Å². The van der Waals surface area contributed by atoms with E-state index in [-0.39, 0.29) is 0 Å². The number of benzene rings is 2. The lowest BCUT2D eigenvalue weighted by molar-refractivity contribution is 0.307. The van der Waals surface area contributed by atoms with E-state index >= 15 is 0 Å². The van der Waals surface area contributed by atoms with Crippen LogP contribution in [0.5, 0.6) is 5.75 Å². The number of halogens is 1. The van der Waals surface area contributed by atoms with Crippen LogP contribution in [0.25, 0.3) is 0 Å². The van der Waals surface area contributed by atoms with Gasteiger partial charge in [0.1, 0.15) is 12.4 Å². The van der Waals surface area contributed by atoms with Crippen molar-refractivity contribution in [2.24, 2.45) is 0 Å². The Kier molecular flexibility index (Phi) is 5.62. The van der Waals surface area contributed by atoms with Crippen LogP contribution in [0.2, 0.25) is 0 Å². The standard InChI is InChI=1S/C17H20BrNO/c1-13-6-3-4-9-17(13)14(2)19-10-11-20-16-8-5-7-15(18)12-16/h3-9,12,14,19H,10-11H2,1-2H3/t14-/m1/s1. The lowest BCUT2D eigenvalue weighted by Gasteiger charge is -2.16. The Labute approximate surface area is 129 Å². The van der Waals surface area contributed by atoms with Crippen LogP contribution in [0, 0.1) is 6.92 Å². The minimum Gasteiger partial charge on any atom is -0.492 e. The molecule has 1 N–H and O–H groups in total. The van der Waals surface area contributed by atoms with E-state index in [1.54, 1.807) is 0 Å². The molecule has 0 aliphatic carbocycles. The quantitative estimate of drug-likeness (QED) is 0.786. The Morgan fingerprint density at radius 2 is 1.95 bits per heavy atom. The van der Waals surface area contributed by atoms with Crippen molar-refractivity contribution in [3.05, 3.63) is 64.1 Å². The van der Waals surface area contributed by atoms with Gasteiger partial charge in [0.15, 0.2) is 0 Å². The molecule has 106 valence electrons. The zero-order chi connectivity index (χ0) is 14.4. The molecule has 0 aliphatic rings. The molecule has 2 nitrogen and oxygen atoms in total. The summed E-state index contributed by atoms with van der Waals surface area (Å²) in [6, 6.07) is 16.7. The largest absolute Gasteiger partial charge is 0.492 e. The molecule has 0 aromatic heterocycles. The van der Waals surface area contributed by atoms with Crippen molar-refractivity contribution < 1.29 is 4.74 Å². The van der Waals surface area contributed by atoms with Gasteiger partial charge in [-0.05, 0) is 43.2 Å².